The predicted molar refractivity (Wildman–Crippen MR) is 81.1 cm³/mol. The fourth-order valence-corrected chi connectivity index (χ4v) is 1.52. The molecule has 3 N–H and O–H groups in total. The van der Waals surface area contributed by atoms with Gasteiger partial charge in [-0.2, -0.15) is 5.10 Å². The summed E-state index contributed by atoms with van der Waals surface area (Å²) in [5, 5.41) is 14.2. The van der Waals surface area contributed by atoms with E-state index >= 15 is 0 Å². The van der Waals surface area contributed by atoms with Crippen LogP contribution in [-0.4, -0.2) is 42.7 Å². The lowest BCUT2D eigenvalue weighted by Gasteiger charge is -2.06. The topological polar surface area (TPSA) is 163 Å². The third kappa shape index (κ3) is 4.76. The Morgan fingerprint density at radius 3 is 2.50 bits per heavy atom. The van der Waals surface area contributed by atoms with Crippen LogP contribution >= 0.6 is 0 Å². The Balaban J connectivity index is 3.03. The van der Waals surface area contributed by atoms with Crippen LogP contribution in [0.3, 0.4) is 0 Å². The van der Waals surface area contributed by atoms with E-state index in [1.54, 1.807) is 0 Å². The highest BCUT2D eigenvalue weighted by atomic mass is 16.6. The summed E-state index contributed by atoms with van der Waals surface area (Å²) < 4.78 is 8.82. The lowest BCUT2D eigenvalue weighted by molar-refractivity contribution is -0.384. The van der Waals surface area contributed by atoms with Crippen LogP contribution in [-0.2, 0) is 19.1 Å². The van der Waals surface area contributed by atoms with E-state index in [0.717, 1.165) is 26.4 Å². The fraction of sp³-hybridized carbons (Fsp3) is 0.231. The molecule has 0 aliphatic carbocycles. The van der Waals surface area contributed by atoms with E-state index in [2.05, 4.69) is 14.6 Å². The number of carbonyl (C=O) groups excluding carboxylic acids is 3. The molecular formula is C13H14N4O7. The number of anilines is 1. The molecule has 0 spiro atoms. The Morgan fingerprint density at radius 2 is 1.96 bits per heavy atom. The number of hydrazone groups is 1. The summed E-state index contributed by atoms with van der Waals surface area (Å²) in [6.07, 6.45) is -0.534. The average Bonchev–Trinajstić information content (AvgIpc) is 2.57. The van der Waals surface area contributed by atoms with Gasteiger partial charge in [-0.1, -0.05) is 0 Å². The van der Waals surface area contributed by atoms with Crippen LogP contribution in [0.5, 0.6) is 0 Å². The molecule has 0 atom stereocenters. The molecule has 1 rings (SSSR count). The SMILES string of the molecule is COC(=O)CC(=NNC(=O)c1cc([N+](=O)[O-])ccc1N)C(=O)OC. The maximum absolute atomic E-state index is 12.0. The van der Waals surface area contributed by atoms with Crippen molar-refractivity contribution in [3.8, 4) is 0 Å². The Kier molecular flexibility index (Phi) is 6.35. The minimum Gasteiger partial charge on any atom is -0.469 e. The van der Waals surface area contributed by atoms with Crippen molar-refractivity contribution in [3.63, 3.8) is 0 Å². The molecule has 1 aromatic rings. The average molecular weight is 338 g/mol. The number of nitrogens with zero attached hydrogens (tertiary/aromatic N) is 2. The van der Waals surface area contributed by atoms with Crippen LogP contribution in [0.4, 0.5) is 11.4 Å². The smallest absolute Gasteiger partial charge is 0.354 e. The molecule has 0 saturated heterocycles. The number of non-ortho nitro benzene ring substituents is 1. The van der Waals surface area contributed by atoms with E-state index in [4.69, 9.17) is 5.73 Å². The van der Waals surface area contributed by atoms with Gasteiger partial charge < -0.3 is 15.2 Å². The quantitative estimate of drug-likeness (QED) is 0.240. The normalized spacial score (nSPS) is 10.7. The number of nitro groups is 1. The van der Waals surface area contributed by atoms with Crippen LogP contribution in [0.15, 0.2) is 23.3 Å². The second kappa shape index (κ2) is 8.22. The first-order valence-electron chi connectivity index (χ1n) is 6.36. The van der Waals surface area contributed by atoms with Gasteiger partial charge in [-0.05, 0) is 6.07 Å². The summed E-state index contributed by atoms with van der Waals surface area (Å²) in [5.74, 6) is -2.63. The standard InChI is InChI=1S/C13H14N4O7/c1-23-11(18)6-10(13(20)24-2)15-16-12(19)8-5-7(17(21)22)3-4-9(8)14/h3-5H,6,14H2,1-2H3,(H,16,19). The van der Waals surface area contributed by atoms with Crippen molar-refractivity contribution in [2.24, 2.45) is 5.10 Å². The molecule has 0 heterocycles. The Bertz CT molecular complexity index is 714. The second-order valence-corrected chi connectivity index (χ2v) is 4.27. The number of esters is 2. The number of nitrogen functional groups attached to an aromatic ring is 1. The number of methoxy groups -OCH3 is 2. The Morgan fingerprint density at radius 1 is 1.29 bits per heavy atom. The molecule has 0 fully saturated rings. The summed E-state index contributed by atoms with van der Waals surface area (Å²) in [4.78, 5) is 44.8. The third-order valence-electron chi connectivity index (χ3n) is 2.75. The molecule has 128 valence electrons. The minimum absolute atomic E-state index is 0.0270. The third-order valence-corrected chi connectivity index (χ3v) is 2.75. The number of nitrogens with one attached hydrogen (secondary N) is 1. The van der Waals surface area contributed by atoms with E-state index in [9.17, 15) is 24.5 Å². The van der Waals surface area contributed by atoms with Gasteiger partial charge in [-0.15, -0.1) is 0 Å². The summed E-state index contributed by atoms with van der Waals surface area (Å²) in [6, 6.07) is 3.28. The van der Waals surface area contributed by atoms with Gasteiger partial charge in [-0.25, -0.2) is 10.2 Å². The first-order valence-corrected chi connectivity index (χ1v) is 6.36. The molecule has 1 amide bonds. The zero-order valence-electron chi connectivity index (χ0n) is 12.8. The Hall–Kier alpha value is -3.50. The molecule has 0 aliphatic heterocycles. The predicted octanol–water partition coefficient (Wildman–Crippen LogP) is -0.00110. The minimum atomic E-state index is -0.951. The van der Waals surface area contributed by atoms with Gasteiger partial charge in [0.15, 0.2) is 5.71 Å². The number of benzene rings is 1. The number of ether oxygens (including phenoxy) is 2. The lowest BCUT2D eigenvalue weighted by Crippen LogP contribution is -2.27. The number of carbonyl (C=O) groups is 3. The molecule has 24 heavy (non-hydrogen) atoms. The monoisotopic (exact) mass is 338 g/mol. The first kappa shape index (κ1) is 18.5. The van der Waals surface area contributed by atoms with Gasteiger partial charge in [-0.3, -0.25) is 19.7 Å². The van der Waals surface area contributed by atoms with E-state index in [-0.39, 0.29) is 16.9 Å². The van der Waals surface area contributed by atoms with Crippen LogP contribution < -0.4 is 11.2 Å². The van der Waals surface area contributed by atoms with E-state index in [0.29, 0.717) is 0 Å². The van der Waals surface area contributed by atoms with Crippen molar-refractivity contribution in [2.75, 3.05) is 20.0 Å². The zero-order valence-corrected chi connectivity index (χ0v) is 12.8. The maximum atomic E-state index is 12.0. The summed E-state index contributed by atoms with van der Waals surface area (Å²) >= 11 is 0. The number of rotatable bonds is 6. The number of nitrogens with two attached hydrogens (primary N) is 1. The Labute approximate surface area is 135 Å². The van der Waals surface area contributed by atoms with Crippen molar-refractivity contribution in [1.82, 2.24) is 5.43 Å². The molecule has 11 nitrogen and oxygen atoms in total. The van der Waals surface area contributed by atoms with Crippen LogP contribution in [0.1, 0.15) is 16.8 Å². The van der Waals surface area contributed by atoms with Crippen molar-refractivity contribution >= 4 is 34.9 Å². The van der Waals surface area contributed by atoms with Gasteiger partial charge in [0.25, 0.3) is 11.6 Å². The lowest BCUT2D eigenvalue weighted by atomic mass is 10.1. The molecular weight excluding hydrogens is 324 g/mol. The fourth-order valence-electron chi connectivity index (χ4n) is 1.52. The van der Waals surface area contributed by atoms with E-state index < -0.39 is 34.9 Å². The molecule has 0 bridgehead atoms. The van der Waals surface area contributed by atoms with Crippen molar-refractivity contribution in [1.29, 1.82) is 0 Å². The van der Waals surface area contributed by atoms with Gasteiger partial charge in [0.1, 0.15) is 0 Å². The van der Waals surface area contributed by atoms with Crippen LogP contribution in [0.25, 0.3) is 0 Å². The summed E-state index contributed by atoms with van der Waals surface area (Å²) in [7, 11) is 2.18. The number of amides is 1. The number of nitro benzene ring substituents is 1. The number of hydrogen-bond donors (Lipinski definition) is 2. The molecule has 0 saturated carbocycles. The van der Waals surface area contributed by atoms with Crippen LogP contribution in [0.2, 0.25) is 0 Å². The highest BCUT2D eigenvalue weighted by Gasteiger charge is 2.19. The highest BCUT2D eigenvalue weighted by molar-refractivity contribution is 6.39. The number of hydrogen-bond acceptors (Lipinski definition) is 9. The molecule has 1 aromatic carbocycles. The van der Waals surface area contributed by atoms with Gasteiger partial charge >= 0.3 is 11.9 Å². The van der Waals surface area contributed by atoms with Crippen molar-refractivity contribution in [3.05, 3.63) is 33.9 Å². The van der Waals surface area contributed by atoms with Gasteiger partial charge in [0, 0.05) is 17.8 Å². The molecule has 0 aromatic heterocycles. The highest BCUT2D eigenvalue weighted by Crippen LogP contribution is 2.19. The second-order valence-electron chi connectivity index (χ2n) is 4.27. The summed E-state index contributed by atoms with van der Waals surface area (Å²) in [5.41, 5.74) is 6.57. The largest absolute Gasteiger partial charge is 0.469 e. The van der Waals surface area contributed by atoms with Gasteiger partial charge in [0.2, 0.25) is 0 Å². The van der Waals surface area contributed by atoms with Gasteiger partial charge in [0.05, 0.1) is 31.1 Å². The summed E-state index contributed by atoms with van der Waals surface area (Å²) in [6.45, 7) is 0. The molecule has 0 unspecified atom stereocenters. The van der Waals surface area contributed by atoms with E-state index in [1.807, 2.05) is 5.43 Å². The van der Waals surface area contributed by atoms with Crippen molar-refractivity contribution < 1.29 is 28.8 Å². The molecule has 11 heteroatoms. The van der Waals surface area contributed by atoms with Crippen LogP contribution in [0, 0.1) is 10.1 Å². The molecule has 0 aliphatic rings. The van der Waals surface area contributed by atoms with E-state index in [1.165, 1.54) is 6.07 Å². The maximum Gasteiger partial charge on any atom is 0.354 e. The molecule has 0 radical (unpaired) electrons. The first-order chi connectivity index (χ1) is 11.3. The zero-order chi connectivity index (χ0) is 18.3. The van der Waals surface area contributed by atoms with Crippen molar-refractivity contribution in [2.45, 2.75) is 6.42 Å².